The molecule has 6 fully saturated rings. The van der Waals surface area contributed by atoms with Crippen LogP contribution in [0, 0.1) is 17.8 Å². The third-order valence-electron chi connectivity index (χ3n) is 26.5. The van der Waals surface area contributed by atoms with Gasteiger partial charge in [-0.2, -0.15) is 0 Å². The molecule has 6 atom stereocenters. The molecule has 19 rings (SSSR count). The smallest absolute Gasteiger partial charge is 0.397 e. The van der Waals surface area contributed by atoms with Crippen LogP contribution in [-0.4, -0.2) is 237 Å². The molecule has 0 radical (unpaired) electrons. The summed E-state index contributed by atoms with van der Waals surface area (Å²) in [5.74, 6) is 1.54. The standard InChI is InChI=1S/C26H31ClN5O6P.C25H28ClN3O3.C24H23ClN4O2.C19H17ClN2O3.C6H13NO.C5H8O/c1-35-24(33)8-7-23-26(38-39(34,31-10-14-36-15-11-31)32-12-16-37-17-13-32)30-21-6-5-19(27)18-20(21)25(29-23)22-4-2-3-9-28-22;1-32-24(31)13-11-21-20(10-12-23(30)16-5-4-6-16)28-19-9-8-17(26)15-18(19)25(29-21)22-7-2-3-14-27-22;1-31-22(30)11-9-19-24-27-14-21(15-5-4-6-15)29(24)20-10-8-16(25)13-17(20)23(28-19)18-7-2-3-12-26-18;1-25-18(24)8-7-15-17(23)10-12-5-6-13(20)11-14(12)19(22-15)16-4-2-3-9-21-16;7-4-6(8)5-2-1-3-5;6-4-5-2-1-3-5/h2-6,9,18,23H,7-8,10-17H2,1H3;2-3,7-9,14-16,21,23,30H,4-6,10-13H2,1H3;2-3,7-8,10,12-15,19H,4-6,9,11H2,1H3;2-6,9,11,15H,7-8,10H2,1H3;5-6,8H,1-4,7H2;4-5H,1-3H2/t23-;21-,23?;19-;15-;;/m0000../s1. The molecule has 4 aliphatic carbocycles. The minimum atomic E-state index is -3.61. The highest BCUT2D eigenvalue weighted by molar-refractivity contribution is 7.54. The van der Waals surface area contributed by atoms with E-state index in [1.165, 1.54) is 72.7 Å². The van der Waals surface area contributed by atoms with E-state index in [4.69, 9.17) is 115 Å². The number of fused-ring (bicyclic) bond motifs is 6. The molecule has 0 bridgehead atoms. The molecule has 4 N–H and O–H groups in total. The number of aromatic nitrogens is 6. The monoisotopic (exact) mass is 2020 g/mol. The first kappa shape index (κ1) is 106. The Bertz CT molecular complexity index is 6010. The maximum atomic E-state index is 14.8. The summed E-state index contributed by atoms with van der Waals surface area (Å²) in [7, 11) is 1.85. The van der Waals surface area contributed by atoms with Crippen LogP contribution in [0.1, 0.15) is 215 Å². The molecule has 9 aromatic rings. The van der Waals surface area contributed by atoms with Crippen LogP contribution in [0.2, 0.25) is 20.1 Å². The molecule has 4 saturated carbocycles. The molecule has 6 aliphatic heterocycles. The summed E-state index contributed by atoms with van der Waals surface area (Å²) in [6.07, 6.45) is 27.2. The van der Waals surface area contributed by atoms with E-state index in [1.54, 1.807) is 55.1 Å². The number of ketones is 1. The van der Waals surface area contributed by atoms with Crippen LogP contribution in [0.3, 0.4) is 0 Å². The number of carbonyl (C=O) groups is 6. The normalized spacial score (nSPS) is 19.3. The summed E-state index contributed by atoms with van der Waals surface area (Å²) in [4.78, 5) is 122. The molecule has 10 aliphatic rings. The van der Waals surface area contributed by atoms with Gasteiger partial charge in [0.15, 0.2) is 5.78 Å². The predicted octanol–water partition coefficient (Wildman–Crippen LogP) is 17.8. The maximum Gasteiger partial charge on any atom is 0.397 e. The van der Waals surface area contributed by atoms with Crippen molar-refractivity contribution < 1.29 is 76.5 Å². The second-order valence-electron chi connectivity index (χ2n) is 35.6. The lowest BCUT2D eigenvalue weighted by Gasteiger charge is -2.41. The number of pyridine rings is 4. The minimum absolute atomic E-state index is 0.0293. The molecule has 744 valence electrons. The van der Waals surface area contributed by atoms with E-state index in [0.717, 1.165) is 107 Å². The highest BCUT2D eigenvalue weighted by atomic mass is 35.5. The Hall–Kier alpha value is -11.2. The molecule has 141 heavy (non-hydrogen) atoms. The van der Waals surface area contributed by atoms with Crippen molar-refractivity contribution in [3.8, 4) is 5.69 Å². The number of hydrogen-bond acceptors (Lipinski definition) is 28. The lowest BCUT2D eigenvalue weighted by molar-refractivity contribution is -0.141. The van der Waals surface area contributed by atoms with Crippen molar-refractivity contribution in [1.29, 1.82) is 0 Å². The van der Waals surface area contributed by atoms with Gasteiger partial charge < -0.3 is 53.7 Å². The van der Waals surface area contributed by atoms with E-state index in [9.17, 15) is 38.4 Å². The van der Waals surface area contributed by atoms with Gasteiger partial charge in [0.25, 0.3) is 0 Å². The van der Waals surface area contributed by atoms with Gasteiger partial charge >= 0.3 is 31.5 Å². The van der Waals surface area contributed by atoms with E-state index in [2.05, 4.69) is 34.2 Å². The Kier molecular flexibility index (Phi) is 39.1. The second-order valence-corrected chi connectivity index (χ2v) is 39.7. The first-order chi connectivity index (χ1) is 68.5. The Morgan fingerprint density at radius 1 is 0.489 bits per heavy atom. The number of halogens is 4. The number of nitrogens with zero attached hydrogens (tertiary/aromatic N) is 14. The van der Waals surface area contributed by atoms with Crippen molar-refractivity contribution in [3.63, 3.8) is 0 Å². The van der Waals surface area contributed by atoms with Crippen molar-refractivity contribution in [2.45, 2.75) is 190 Å². The zero-order chi connectivity index (χ0) is 99.3. The van der Waals surface area contributed by atoms with Crippen LogP contribution in [0.4, 0.5) is 11.4 Å². The Labute approximate surface area is 841 Å². The average molecular weight is 2020 g/mol. The zero-order valence-corrected chi connectivity index (χ0v) is 83.5. The number of esters is 4. The number of aliphatic hydroxyl groups is 2. The fourth-order valence-electron chi connectivity index (χ4n) is 17.5. The first-order valence-corrected chi connectivity index (χ1v) is 51.2. The fraction of sp³-hybridized carbons (Fsp3) is 0.438. The summed E-state index contributed by atoms with van der Waals surface area (Å²) in [5, 5.41) is 22.0. The van der Waals surface area contributed by atoms with Crippen LogP contribution in [0.15, 0.2) is 207 Å². The number of benzene rings is 4. The maximum absolute atomic E-state index is 14.8. The summed E-state index contributed by atoms with van der Waals surface area (Å²) >= 11 is 25.3. The van der Waals surface area contributed by atoms with Gasteiger partial charge in [-0.3, -0.25) is 73.4 Å². The van der Waals surface area contributed by atoms with Crippen LogP contribution in [0.25, 0.3) is 5.69 Å². The number of methoxy groups -OCH3 is 4. The highest BCUT2D eigenvalue weighted by Gasteiger charge is 2.45. The Morgan fingerprint density at radius 3 is 1.33 bits per heavy atom. The van der Waals surface area contributed by atoms with Crippen LogP contribution in [-0.2, 0) is 72.7 Å². The number of nitrogens with two attached hydrogens (primary N) is 1. The molecule has 0 amide bonds. The van der Waals surface area contributed by atoms with Crippen molar-refractivity contribution in [1.82, 2.24) is 38.8 Å². The summed E-state index contributed by atoms with van der Waals surface area (Å²) in [6.45, 7) is 4.00. The molecule has 5 aromatic heterocycles. The number of aliphatic imine (C=N–C) groups is 6. The van der Waals surface area contributed by atoms with Gasteiger partial charge in [0, 0.05) is 161 Å². The third kappa shape index (κ3) is 28.1. The molecular weight excluding hydrogens is 1900 g/mol. The Morgan fingerprint density at radius 2 is 0.901 bits per heavy atom. The van der Waals surface area contributed by atoms with Crippen molar-refractivity contribution >= 4 is 136 Å². The lowest BCUT2D eigenvalue weighted by atomic mass is 9.79. The van der Waals surface area contributed by atoms with Gasteiger partial charge in [-0.1, -0.05) is 102 Å². The van der Waals surface area contributed by atoms with Crippen LogP contribution >= 0.6 is 54.1 Å². The number of morpholine rings is 2. The number of hydrogen-bond donors (Lipinski definition) is 3. The lowest BCUT2D eigenvalue weighted by Crippen LogP contribution is -2.44. The summed E-state index contributed by atoms with van der Waals surface area (Å²) < 4.78 is 57.6. The van der Waals surface area contributed by atoms with E-state index < -0.39 is 25.7 Å². The van der Waals surface area contributed by atoms with Crippen LogP contribution in [0.5, 0.6) is 0 Å². The molecule has 31 nitrogen and oxygen atoms in total. The number of rotatable bonds is 27. The predicted molar refractivity (Wildman–Crippen MR) is 543 cm³/mol. The summed E-state index contributed by atoms with van der Waals surface area (Å²) in [5.41, 5.74) is 19.1. The van der Waals surface area contributed by atoms with Crippen molar-refractivity contribution in [3.05, 3.63) is 259 Å². The largest absolute Gasteiger partial charge is 0.469 e. The molecule has 2 saturated heterocycles. The summed E-state index contributed by atoms with van der Waals surface area (Å²) in [6, 6.07) is 42.7. The van der Waals surface area contributed by atoms with E-state index in [1.807, 2.05) is 131 Å². The van der Waals surface area contributed by atoms with Gasteiger partial charge in [0.1, 0.15) is 30.2 Å². The fourth-order valence-corrected chi connectivity index (χ4v) is 20.6. The molecule has 2 unspecified atom stereocenters. The molecule has 4 aromatic carbocycles. The molecule has 36 heteroatoms. The average Bonchev–Trinajstić information content (AvgIpc) is 1.58. The molecular formula is C105H120Cl4N15O16P. The van der Waals surface area contributed by atoms with Gasteiger partial charge in [0.05, 0.1) is 136 Å². The number of ether oxygens (including phenoxy) is 6. The topological polar surface area (TPSA) is 401 Å². The number of aliphatic hydroxyl groups excluding tert-OH is 2. The van der Waals surface area contributed by atoms with Crippen LogP contribution < -0.4 is 5.73 Å². The van der Waals surface area contributed by atoms with Crippen molar-refractivity contribution in [2.24, 2.45) is 53.4 Å². The quantitative estimate of drug-likeness (QED) is 0.0186. The van der Waals surface area contributed by atoms with E-state index in [-0.39, 0.29) is 92.4 Å². The number of imidazole rings is 1. The Balaban J connectivity index is 0.000000144. The second kappa shape index (κ2) is 52.2. The van der Waals surface area contributed by atoms with Gasteiger partial charge in [-0.25, -0.2) is 23.9 Å². The number of carbonyl (C=O) groups excluding carboxylic acids is 6. The van der Waals surface area contributed by atoms with E-state index >= 15 is 0 Å². The highest BCUT2D eigenvalue weighted by Crippen LogP contribution is 2.56. The minimum Gasteiger partial charge on any atom is -0.469 e. The third-order valence-corrected chi connectivity index (χ3v) is 30.1. The van der Waals surface area contributed by atoms with Gasteiger partial charge in [-0.05, 0) is 223 Å². The molecule has 11 heterocycles. The van der Waals surface area contributed by atoms with Gasteiger partial charge in [0.2, 0.25) is 5.90 Å². The zero-order valence-electron chi connectivity index (χ0n) is 79.6. The van der Waals surface area contributed by atoms with E-state index in [0.29, 0.717) is 175 Å². The number of aldehydes is 1. The SMILES string of the molecule is COC(=O)CC[C@@H]1N=C(c2ccccn2)c2cc(Cl)ccc2-n2c(C3CCC3)cnc21.COC(=O)CC[C@@H]1N=C(c2ccccn2)c2cc(Cl)ccc2CC1=O.COC(=O)CC[C@@H]1N=C(c2ccccn2)c2cc(Cl)ccc2N=C1CCC(O)C1CCC1.COC(=O)CC[C@@H]1N=C(c2ccccn2)c2cc(Cl)ccc2N=C1OP(=O)(N1CCOCC1)N1CCOCC1.NCC(O)C1CCC1.O=CC1CCC1. The van der Waals surface area contributed by atoms with Gasteiger partial charge in [-0.15, -0.1) is 0 Å². The van der Waals surface area contributed by atoms with Crippen molar-refractivity contribution in [2.75, 3.05) is 87.6 Å². The molecule has 0 spiro atoms. The first-order valence-electron chi connectivity index (χ1n) is 48.2. The number of Topliss-reactive ketones (excluding diaryl/α,β-unsaturated/α-hetero) is 1.